The minimum Gasteiger partial charge on any atom is -0.489 e. The van der Waals surface area contributed by atoms with Crippen LogP contribution in [0.25, 0.3) is 11.1 Å². The lowest BCUT2D eigenvalue weighted by Crippen LogP contribution is -2.10. The fraction of sp³-hybridized carbons (Fsp3) is 0.231. The molecule has 1 heterocycles. The lowest BCUT2D eigenvalue weighted by Gasteiger charge is -2.18. The van der Waals surface area contributed by atoms with E-state index >= 15 is 0 Å². The van der Waals surface area contributed by atoms with E-state index in [1.165, 1.54) is 25.3 Å². The van der Waals surface area contributed by atoms with Gasteiger partial charge in [0.2, 0.25) is 0 Å². The summed E-state index contributed by atoms with van der Waals surface area (Å²) in [4.78, 5) is 15.6. The molecule has 1 aliphatic carbocycles. The first-order valence-corrected chi connectivity index (χ1v) is 10.9. The van der Waals surface area contributed by atoms with E-state index in [1.54, 1.807) is 0 Å². The number of benzene rings is 2. The van der Waals surface area contributed by atoms with Gasteiger partial charge in [-0.2, -0.15) is 13.2 Å². The maximum atomic E-state index is 13.9. The van der Waals surface area contributed by atoms with Crippen molar-refractivity contribution in [1.29, 1.82) is 0 Å². The van der Waals surface area contributed by atoms with E-state index < -0.39 is 41.8 Å². The van der Waals surface area contributed by atoms with Gasteiger partial charge in [0.05, 0.1) is 16.8 Å². The van der Waals surface area contributed by atoms with Crippen molar-refractivity contribution in [2.75, 3.05) is 0 Å². The fourth-order valence-electron chi connectivity index (χ4n) is 4.24. The number of hydrogen-bond donors (Lipinski definition) is 1. The topological polar surface area (TPSA) is 59.4 Å². The van der Waals surface area contributed by atoms with Gasteiger partial charge in [-0.05, 0) is 90.4 Å². The zero-order valence-electron chi connectivity index (χ0n) is 18.8. The normalized spacial score (nSPS) is 13.9. The quantitative estimate of drug-likeness (QED) is 0.283. The molecule has 0 unspecified atom stereocenters. The van der Waals surface area contributed by atoms with Crippen LogP contribution < -0.4 is 4.74 Å². The SMILES string of the molecule is Cc1ncc(C2=C(c3cc(OCc4cc(F)c(F)c(F)c4)ccc3C(F)(F)F)CCC2)cc1C(=O)O. The Kier molecular flexibility index (Phi) is 6.79. The number of carboxylic acids is 1. The predicted molar refractivity (Wildman–Crippen MR) is 119 cm³/mol. The monoisotopic (exact) mass is 507 g/mol. The van der Waals surface area contributed by atoms with Crippen LogP contribution in [0.3, 0.4) is 0 Å². The molecular formula is C26H19F6NO3. The highest BCUT2D eigenvalue weighted by molar-refractivity contribution is 5.96. The van der Waals surface area contributed by atoms with E-state index in [9.17, 15) is 36.2 Å². The van der Waals surface area contributed by atoms with Crippen molar-refractivity contribution >= 4 is 17.1 Å². The summed E-state index contributed by atoms with van der Waals surface area (Å²) in [5.74, 6) is -5.63. The highest BCUT2D eigenvalue weighted by atomic mass is 19.4. The van der Waals surface area contributed by atoms with Crippen molar-refractivity contribution in [2.45, 2.75) is 39.0 Å². The zero-order chi connectivity index (χ0) is 26.2. The van der Waals surface area contributed by atoms with Gasteiger partial charge in [-0.15, -0.1) is 0 Å². The second-order valence-electron chi connectivity index (χ2n) is 8.34. The van der Waals surface area contributed by atoms with Crippen molar-refractivity contribution in [3.8, 4) is 5.75 Å². The molecule has 0 spiro atoms. The van der Waals surface area contributed by atoms with Crippen LogP contribution in [0.5, 0.6) is 5.75 Å². The molecule has 0 aliphatic heterocycles. The molecule has 10 heteroatoms. The first kappa shape index (κ1) is 25.3. The number of hydrogen-bond acceptors (Lipinski definition) is 3. The molecule has 188 valence electrons. The maximum absolute atomic E-state index is 13.9. The summed E-state index contributed by atoms with van der Waals surface area (Å²) in [5, 5.41) is 9.42. The number of halogens is 6. The molecule has 1 aliphatic rings. The van der Waals surface area contributed by atoms with Gasteiger partial charge in [-0.25, -0.2) is 18.0 Å². The Bertz CT molecular complexity index is 1360. The summed E-state index contributed by atoms with van der Waals surface area (Å²) in [6.45, 7) is 1.12. The molecular weight excluding hydrogens is 488 g/mol. The average molecular weight is 507 g/mol. The highest BCUT2D eigenvalue weighted by Gasteiger charge is 2.35. The number of rotatable bonds is 6. The number of alkyl halides is 3. The Morgan fingerprint density at radius 3 is 2.33 bits per heavy atom. The third-order valence-corrected chi connectivity index (χ3v) is 5.95. The number of aryl methyl sites for hydroxylation is 1. The van der Waals surface area contributed by atoms with Crippen LogP contribution in [0, 0.1) is 24.4 Å². The molecule has 0 atom stereocenters. The van der Waals surface area contributed by atoms with Crippen molar-refractivity contribution in [3.05, 3.63) is 93.6 Å². The molecule has 3 aromatic rings. The molecule has 0 saturated heterocycles. The first-order chi connectivity index (χ1) is 17.0. The number of nitrogens with zero attached hydrogens (tertiary/aromatic N) is 1. The molecule has 36 heavy (non-hydrogen) atoms. The van der Waals surface area contributed by atoms with E-state index in [1.807, 2.05) is 0 Å². The number of aromatic nitrogens is 1. The maximum Gasteiger partial charge on any atom is 0.417 e. The van der Waals surface area contributed by atoms with E-state index in [0.717, 1.165) is 24.3 Å². The van der Waals surface area contributed by atoms with Gasteiger partial charge in [0.25, 0.3) is 0 Å². The van der Waals surface area contributed by atoms with Crippen LogP contribution in [0.15, 0.2) is 42.6 Å². The van der Waals surface area contributed by atoms with E-state index in [2.05, 4.69) is 4.98 Å². The Balaban J connectivity index is 1.75. The van der Waals surface area contributed by atoms with Crippen LogP contribution in [0.2, 0.25) is 0 Å². The Morgan fingerprint density at radius 1 is 1.03 bits per heavy atom. The van der Waals surface area contributed by atoms with Gasteiger partial charge in [0, 0.05) is 6.20 Å². The second kappa shape index (κ2) is 9.67. The van der Waals surface area contributed by atoms with Crippen molar-refractivity contribution in [2.24, 2.45) is 0 Å². The number of aromatic carboxylic acids is 1. The lowest BCUT2D eigenvalue weighted by atomic mass is 9.93. The Labute approximate surface area is 201 Å². The minimum absolute atomic E-state index is 0.00940. The van der Waals surface area contributed by atoms with Crippen molar-refractivity contribution < 1.29 is 41.0 Å². The molecule has 0 saturated carbocycles. The van der Waals surface area contributed by atoms with Crippen molar-refractivity contribution in [3.63, 3.8) is 0 Å². The highest BCUT2D eigenvalue weighted by Crippen LogP contribution is 2.45. The molecule has 1 aromatic heterocycles. The number of ether oxygens (including phenoxy) is 1. The number of carboxylic acid groups (broad SMARTS) is 1. The molecule has 0 bridgehead atoms. The number of allylic oxidation sites excluding steroid dienone is 2. The summed E-state index contributed by atoms with van der Waals surface area (Å²) in [6, 6.07) is 6.02. The van der Waals surface area contributed by atoms with Crippen LogP contribution in [-0.4, -0.2) is 16.1 Å². The standard InChI is InChI=1S/C26H19F6NO3/c1-13-19(25(34)35)9-15(11-33-13)17-3-2-4-18(17)20-10-16(5-6-21(20)26(30,31)32)36-12-14-7-22(27)24(29)23(28)8-14/h5-11H,2-4,12H2,1H3,(H,34,35). The minimum atomic E-state index is -4.68. The van der Waals surface area contributed by atoms with Gasteiger partial charge in [-0.1, -0.05) is 0 Å². The van der Waals surface area contributed by atoms with E-state index in [4.69, 9.17) is 4.74 Å². The number of carbonyl (C=O) groups is 1. The molecule has 0 amide bonds. The van der Waals surface area contributed by atoms with Gasteiger partial charge >= 0.3 is 12.1 Å². The molecule has 2 aromatic carbocycles. The van der Waals surface area contributed by atoms with Crippen LogP contribution in [-0.2, 0) is 12.8 Å². The number of pyridine rings is 1. The third-order valence-electron chi connectivity index (χ3n) is 5.95. The molecule has 4 nitrogen and oxygen atoms in total. The van der Waals surface area contributed by atoms with Crippen LogP contribution >= 0.6 is 0 Å². The smallest absolute Gasteiger partial charge is 0.417 e. The predicted octanol–water partition coefficient (Wildman–Crippen LogP) is 7.20. The molecule has 4 rings (SSSR count). The summed E-state index contributed by atoms with van der Waals surface area (Å²) < 4.78 is 87.3. The molecule has 0 radical (unpaired) electrons. The Hall–Kier alpha value is -3.82. The van der Waals surface area contributed by atoms with Gasteiger partial charge in [0.1, 0.15) is 12.4 Å². The second-order valence-corrected chi connectivity index (χ2v) is 8.34. The van der Waals surface area contributed by atoms with E-state index in [-0.39, 0.29) is 28.1 Å². The third kappa shape index (κ3) is 5.07. The largest absolute Gasteiger partial charge is 0.489 e. The van der Waals surface area contributed by atoms with Crippen molar-refractivity contribution in [1.82, 2.24) is 4.98 Å². The lowest BCUT2D eigenvalue weighted by molar-refractivity contribution is -0.137. The molecule has 1 N–H and O–H groups in total. The van der Waals surface area contributed by atoms with E-state index in [0.29, 0.717) is 36.0 Å². The zero-order valence-corrected chi connectivity index (χ0v) is 18.8. The fourth-order valence-corrected chi connectivity index (χ4v) is 4.24. The summed E-state index contributed by atoms with van der Waals surface area (Å²) in [5.41, 5.74) is 0.513. The van der Waals surface area contributed by atoms with Crippen LogP contribution in [0.4, 0.5) is 26.3 Å². The average Bonchev–Trinajstić information content (AvgIpc) is 3.30. The Morgan fingerprint density at radius 2 is 1.69 bits per heavy atom. The molecule has 0 fully saturated rings. The first-order valence-electron chi connectivity index (χ1n) is 10.9. The van der Waals surface area contributed by atoms with Gasteiger partial charge in [-0.3, -0.25) is 4.98 Å². The summed E-state index contributed by atoms with van der Waals surface area (Å²) >= 11 is 0. The summed E-state index contributed by atoms with van der Waals surface area (Å²) in [7, 11) is 0. The summed E-state index contributed by atoms with van der Waals surface area (Å²) in [6.07, 6.45) is -1.96. The van der Waals surface area contributed by atoms with Gasteiger partial charge < -0.3 is 9.84 Å². The van der Waals surface area contributed by atoms with Crippen LogP contribution in [0.1, 0.15) is 57.6 Å². The van der Waals surface area contributed by atoms with Gasteiger partial charge in [0.15, 0.2) is 17.5 Å².